The second kappa shape index (κ2) is 5.83. The average Bonchev–Trinajstić information content (AvgIpc) is 2.45. The minimum absolute atomic E-state index is 0.106. The van der Waals surface area contributed by atoms with E-state index in [2.05, 4.69) is 19.2 Å². The van der Waals surface area contributed by atoms with Gasteiger partial charge in [-0.3, -0.25) is 0 Å². The van der Waals surface area contributed by atoms with E-state index in [-0.39, 0.29) is 11.5 Å². The molecule has 1 aliphatic rings. The summed E-state index contributed by atoms with van der Waals surface area (Å²) in [5.41, 5.74) is 1.29. The number of carbonyl (C=O) groups is 1. The first-order valence-corrected chi connectivity index (χ1v) is 7.22. The number of benzene rings is 1. The third-order valence-corrected chi connectivity index (χ3v) is 4.56. The van der Waals surface area contributed by atoms with Gasteiger partial charge in [0.05, 0.1) is 11.7 Å². The molecule has 20 heavy (non-hydrogen) atoms. The summed E-state index contributed by atoms with van der Waals surface area (Å²) < 4.78 is 5.78. The van der Waals surface area contributed by atoms with E-state index in [1.54, 1.807) is 18.2 Å². The summed E-state index contributed by atoms with van der Waals surface area (Å²) >= 11 is 0. The van der Waals surface area contributed by atoms with Crippen LogP contribution in [-0.4, -0.2) is 29.8 Å². The third-order valence-electron chi connectivity index (χ3n) is 4.56. The second-order valence-corrected chi connectivity index (χ2v) is 5.62. The first kappa shape index (κ1) is 14.9. The van der Waals surface area contributed by atoms with Gasteiger partial charge in [0.15, 0.2) is 0 Å². The zero-order valence-electron chi connectivity index (χ0n) is 12.3. The molecular formula is C16H23NO3. The smallest absolute Gasteiger partial charge is 0.335 e. The van der Waals surface area contributed by atoms with Crippen LogP contribution in [0.3, 0.4) is 0 Å². The Morgan fingerprint density at radius 3 is 2.85 bits per heavy atom. The van der Waals surface area contributed by atoms with E-state index >= 15 is 0 Å². The van der Waals surface area contributed by atoms with Crippen LogP contribution in [0.4, 0.5) is 5.69 Å². The van der Waals surface area contributed by atoms with Crippen molar-refractivity contribution in [2.75, 3.05) is 11.9 Å². The van der Waals surface area contributed by atoms with Crippen molar-refractivity contribution < 1.29 is 14.6 Å². The zero-order chi connectivity index (χ0) is 14.8. The van der Waals surface area contributed by atoms with Crippen molar-refractivity contribution in [3.05, 3.63) is 29.8 Å². The molecule has 0 bridgehead atoms. The molecule has 0 saturated heterocycles. The normalized spacial score (nSPS) is 28.8. The number of hydrogen-bond acceptors (Lipinski definition) is 3. The van der Waals surface area contributed by atoms with Gasteiger partial charge in [-0.05, 0) is 38.0 Å². The largest absolute Gasteiger partial charge is 0.478 e. The highest BCUT2D eigenvalue weighted by Gasteiger charge is 2.51. The fourth-order valence-corrected chi connectivity index (χ4v) is 2.92. The maximum absolute atomic E-state index is 11.0. The minimum Gasteiger partial charge on any atom is -0.478 e. The molecule has 0 amide bonds. The Morgan fingerprint density at radius 1 is 1.50 bits per heavy atom. The maximum atomic E-state index is 11.0. The standard InChI is InChI=1S/C16H23NO3/c1-4-16(3)13(10-14(16)20-5-2)17-12-8-6-7-11(9-12)15(18)19/h6-9,13-14,17H,4-5,10H2,1-3H3,(H,18,19). The molecule has 1 saturated carbocycles. The number of anilines is 1. The van der Waals surface area contributed by atoms with Crippen molar-refractivity contribution in [3.63, 3.8) is 0 Å². The van der Waals surface area contributed by atoms with Crippen molar-refractivity contribution in [3.8, 4) is 0 Å². The van der Waals surface area contributed by atoms with E-state index in [0.717, 1.165) is 25.1 Å². The molecule has 0 spiro atoms. The lowest BCUT2D eigenvalue weighted by Gasteiger charge is -2.54. The van der Waals surface area contributed by atoms with Gasteiger partial charge in [0.1, 0.15) is 0 Å². The van der Waals surface area contributed by atoms with Crippen molar-refractivity contribution in [1.29, 1.82) is 0 Å². The van der Waals surface area contributed by atoms with Gasteiger partial charge in [0.2, 0.25) is 0 Å². The average molecular weight is 277 g/mol. The van der Waals surface area contributed by atoms with Gasteiger partial charge < -0.3 is 15.2 Å². The molecule has 1 fully saturated rings. The molecule has 4 nitrogen and oxygen atoms in total. The highest BCUT2D eigenvalue weighted by molar-refractivity contribution is 5.88. The number of carboxylic acid groups (broad SMARTS) is 1. The highest BCUT2D eigenvalue weighted by atomic mass is 16.5. The van der Waals surface area contributed by atoms with Crippen LogP contribution in [0, 0.1) is 5.41 Å². The summed E-state index contributed by atoms with van der Waals surface area (Å²) in [5, 5.41) is 12.5. The Balaban J connectivity index is 2.07. The van der Waals surface area contributed by atoms with Gasteiger partial charge in [-0.25, -0.2) is 4.79 Å². The van der Waals surface area contributed by atoms with Crippen LogP contribution in [0.5, 0.6) is 0 Å². The molecule has 3 atom stereocenters. The molecule has 1 aromatic rings. The lowest BCUT2D eigenvalue weighted by atomic mass is 9.61. The van der Waals surface area contributed by atoms with Gasteiger partial charge in [0.25, 0.3) is 0 Å². The number of aromatic carboxylic acids is 1. The van der Waals surface area contributed by atoms with E-state index in [0.29, 0.717) is 11.6 Å². The van der Waals surface area contributed by atoms with Crippen LogP contribution in [0.1, 0.15) is 44.0 Å². The monoisotopic (exact) mass is 277 g/mol. The topological polar surface area (TPSA) is 58.6 Å². The molecule has 0 radical (unpaired) electrons. The first-order valence-electron chi connectivity index (χ1n) is 7.22. The quantitative estimate of drug-likeness (QED) is 0.836. The van der Waals surface area contributed by atoms with Crippen molar-refractivity contribution >= 4 is 11.7 Å². The number of hydrogen-bond donors (Lipinski definition) is 2. The summed E-state index contributed by atoms with van der Waals surface area (Å²) in [7, 11) is 0. The lowest BCUT2D eigenvalue weighted by molar-refractivity contribution is -0.109. The van der Waals surface area contributed by atoms with Crippen LogP contribution >= 0.6 is 0 Å². The summed E-state index contributed by atoms with van der Waals surface area (Å²) in [6.45, 7) is 7.16. The molecule has 1 aliphatic carbocycles. The second-order valence-electron chi connectivity index (χ2n) is 5.62. The maximum Gasteiger partial charge on any atom is 0.335 e. The van der Waals surface area contributed by atoms with Gasteiger partial charge in [-0.15, -0.1) is 0 Å². The SMILES string of the molecule is CCOC1CC(Nc2cccc(C(=O)O)c2)C1(C)CC. The summed E-state index contributed by atoms with van der Waals surface area (Å²) in [4.78, 5) is 11.0. The van der Waals surface area contributed by atoms with E-state index in [4.69, 9.17) is 9.84 Å². The van der Waals surface area contributed by atoms with Crippen LogP contribution in [0.15, 0.2) is 24.3 Å². The Morgan fingerprint density at radius 2 is 2.25 bits per heavy atom. The van der Waals surface area contributed by atoms with Gasteiger partial charge in [-0.1, -0.05) is 19.9 Å². The van der Waals surface area contributed by atoms with Crippen molar-refractivity contribution in [1.82, 2.24) is 0 Å². The number of rotatable bonds is 6. The van der Waals surface area contributed by atoms with Crippen LogP contribution in [0.2, 0.25) is 0 Å². The summed E-state index contributed by atoms with van der Waals surface area (Å²) in [6, 6.07) is 7.31. The third kappa shape index (κ3) is 2.66. The number of carboxylic acids is 1. The number of nitrogens with one attached hydrogen (secondary N) is 1. The molecular weight excluding hydrogens is 254 g/mol. The molecule has 0 aromatic heterocycles. The molecule has 2 rings (SSSR count). The Hall–Kier alpha value is -1.55. The number of ether oxygens (including phenoxy) is 1. The molecule has 4 heteroatoms. The van der Waals surface area contributed by atoms with Crippen LogP contribution < -0.4 is 5.32 Å². The van der Waals surface area contributed by atoms with Gasteiger partial charge in [0, 0.05) is 23.8 Å². The molecule has 0 aliphatic heterocycles. The van der Waals surface area contributed by atoms with E-state index in [9.17, 15) is 4.79 Å². The van der Waals surface area contributed by atoms with Gasteiger partial charge in [-0.2, -0.15) is 0 Å². The zero-order valence-corrected chi connectivity index (χ0v) is 12.3. The summed E-state index contributed by atoms with van der Waals surface area (Å²) in [5.74, 6) is -0.896. The molecule has 1 aromatic carbocycles. The molecule has 2 N–H and O–H groups in total. The lowest BCUT2D eigenvalue weighted by Crippen LogP contribution is -2.59. The van der Waals surface area contributed by atoms with E-state index in [1.807, 2.05) is 13.0 Å². The predicted molar refractivity (Wildman–Crippen MR) is 79.2 cm³/mol. The van der Waals surface area contributed by atoms with Crippen LogP contribution in [0.25, 0.3) is 0 Å². The fraction of sp³-hybridized carbons (Fsp3) is 0.562. The molecule has 110 valence electrons. The first-order chi connectivity index (χ1) is 9.51. The van der Waals surface area contributed by atoms with E-state index < -0.39 is 5.97 Å². The van der Waals surface area contributed by atoms with Crippen molar-refractivity contribution in [2.45, 2.75) is 45.8 Å². The molecule has 0 heterocycles. The van der Waals surface area contributed by atoms with Gasteiger partial charge >= 0.3 is 5.97 Å². The summed E-state index contributed by atoms with van der Waals surface area (Å²) in [6.07, 6.45) is 2.29. The van der Waals surface area contributed by atoms with E-state index in [1.165, 1.54) is 0 Å². The molecule has 3 unspecified atom stereocenters. The fourth-order valence-electron chi connectivity index (χ4n) is 2.92. The van der Waals surface area contributed by atoms with Crippen molar-refractivity contribution in [2.24, 2.45) is 5.41 Å². The highest BCUT2D eigenvalue weighted by Crippen LogP contribution is 2.47. The Labute approximate surface area is 120 Å². The Kier molecular flexibility index (Phi) is 4.33. The van der Waals surface area contributed by atoms with Crippen LogP contribution in [-0.2, 0) is 4.74 Å². The predicted octanol–water partition coefficient (Wildman–Crippen LogP) is 3.39. The minimum atomic E-state index is -0.896. The Bertz CT molecular complexity index is 488.